The molecule has 3 rings (SSSR count). The Bertz CT molecular complexity index is 769. The van der Waals surface area contributed by atoms with Gasteiger partial charge in [0.2, 0.25) is 0 Å². The van der Waals surface area contributed by atoms with Gasteiger partial charge < -0.3 is 4.57 Å². The first-order valence-electron chi connectivity index (χ1n) is 7.39. The summed E-state index contributed by atoms with van der Waals surface area (Å²) in [5.74, 6) is 0. The largest absolute Gasteiger partial charge is 0.339 e. The van der Waals surface area contributed by atoms with Crippen LogP contribution >= 0.6 is 0 Å². The van der Waals surface area contributed by atoms with Crippen LogP contribution in [0.1, 0.15) is 30.3 Å². The minimum atomic E-state index is -3.48. The molecular weight excluding hydrogens is 302 g/mol. The molecule has 1 saturated heterocycles. The van der Waals surface area contributed by atoms with Gasteiger partial charge in [0, 0.05) is 32.0 Å². The van der Waals surface area contributed by atoms with E-state index in [-0.39, 0.29) is 11.1 Å². The van der Waals surface area contributed by atoms with Crippen LogP contribution in [0.25, 0.3) is 0 Å². The first kappa shape index (κ1) is 15.2. The van der Waals surface area contributed by atoms with Gasteiger partial charge in [0.1, 0.15) is 0 Å². The number of aryl methyl sites for hydroxylation is 3. The molecule has 0 amide bonds. The quantitative estimate of drug-likeness (QED) is 0.852. The zero-order valence-electron chi connectivity index (χ0n) is 13.1. The Morgan fingerprint density at radius 2 is 1.91 bits per heavy atom. The van der Waals surface area contributed by atoms with Gasteiger partial charge in [-0.05, 0) is 32.8 Å². The number of hydrogen-bond acceptors (Lipinski definition) is 4. The zero-order chi connectivity index (χ0) is 15.9. The van der Waals surface area contributed by atoms with Crippen molar-refractivity contribution in [3.63, 3.8) is 0 Å². The molecule has 0 aromatic carbocycles. The SMILES string of the molecule is Cc1cc(C)n(C2CCN(S(=O)(=O)c3cn(C)cn3)CC2)n1. The summed E-state index contributed by atoms with van der Waals surface area (Å²) >= 11 is 0. The van der Waals surface area contributed by atoms with E-state index in [9.17, 15) is 8.42 Å². The number of aromatic nitrogens is 4. The molecule has 1 fully saturated rings. The second-order valence-electron chi connectivity index (χ2n) is 5.88. The lowest BCUT2D eigenvalue weighted by Gasteiger charge is -2.31. The van der Waals surface area contributed by atoms with E-state index in [4.69, 9.17) is 0 Å². The van der Waals surface area contributed by atoms with Gasteiger partial charge in [-0.1, -0.05) is 0 Å². The van der Waals surface area contributed by atoms with Crippen molar-refractivity contribution in [1.29, 1.82) is 0 Å². The molecule has 8 heteroatoms. The molecule has 1 aliphatic heterocycles. The molecule has 0 spiro atoms. The van der Waals surface area contributed by atoms with Crippen LogP contribution in [0.15, 0.2) is 23.6 Å². The first-order chi connectivity index (χ1) is 10.4. The van der Waals surface area contributed by atoms with Crippen LogP contribution in [-0.2, 0) is 17.1 Å². The van der Waals surface area contributed by atoms with Gasteiger partial charge in [0.05, 0.1) is 18.1 Å². The zero-order valence-corrected chi connectivity index (χ0v) is 13.9. The van der Waals surface area contributed by atoms with Crippen molar-refractivity contribution < 1.29 is 8.42 Å². The average Bonchev–Trinajstić information content (AvgIpc) is 3.05. The van der Waals surface area contributed by atoms with Crippen molar-refractivity contribution in [2.75, 3.05) is 13.1 Å². The maximum atomic E-state index is 12.5. The maximum absolute atomic E-state index is 12.5. The van der Waals surface area contributed by atoms with Crippen LogP contribution in [-0.4, -0.2) is 45.1 Å². The van der Waals surface area contributed by atoms with Crippen molar-refractivity contribution >= 4 is 10.0 Å². The molecule has 0 N–H and O–H groups in total. The van der Waals surface area contributed by atoms with Crippen LogP contribution in [0.3, 0.4) is 0 Å². The number of rotatable bonds is 3. The molecular formula is C14H21N5O2S. The summed E-state index contributed by atoms with van der Waals surface area (Å²) in [6, 6.07) is 2.32. The Hall–Kier alpha value is -1.67. The second-order valence-corrected chi connectivity index (χ2v) is 7.77. The van der Waals surface area contributed by atoms with E-state index in [2.05, 4.69) is 16.1 Å². The number of hydrogen-bond donors (Lipinski definition) is 0. The van der Waals surface area contributed by atoms with Crippen LogP contribution < -0.4 is 0 Å². The fraction of sp³-hybridized carbons (Fsp3) is 0.571. The molecule has 1 aliphatic rings. The lowest BCUT2D eigenvalue weighted by atomic mass is 10.1. The number of nitrogens with zero attached hydrogens (tertiary/aromatic N) is 5. The normalized spacial score (nSPS) is 18.0. The summed E-state index contributed by atoms with van der Waals surface area (Å²) in [6.45, 7) is 5.02. The van der Waals surface area contributed by atoms with Gasteiger partial charge in [-0.15, -0.1) is 0 Å². The highest BCUT2D eigenvalue weighted by Crippen LogP contribution is 2.27. The van der Waals surface area contributed by atoms with Crippen molar-refractivity contribution in [1.82, 2.24) is 23.6 Å². The molecule has 2 aromatic heterocycles. The highest BCUT2D eigenvalue weighted by atomic mass is 32.2. The molecule has 22 heavy (non-hydrogen) atoms. The number of piperidine rings is 1. The minimum Gasteiger partial charge on any atom is -0.339 e. The molecule has 0 bridgehead atoms. The molecule has 0 saturated carbocycles. The summed E-state index contributed by atoms with van der Waals surface area (Å²) < 4.78 is 30.3. The monoisotopic (exact) mass is 323 g/mol. The van der Waals surface area contributed by atoms with E-state index in [1.165, 1.54) is 10.6 Å². The van der Waals surface area contributed by atoms with Crippen molar-refractivity contribution in [2.24, 2.45) is 7.05 Å². The standard InChI is InChI=1S/C14H21N5O2S/c1-11-8-12(2)19(16-11)13-4-6-18(7-5-13)22(20,21)14-9-17(3)10-15-14/h8-10,13H,4-7H2,1-3H3. The molecule has 0 atom stereocenters. The fourth-order valence-electron chi connectivity index (χ4n) is 3.00. The van der Waals surface area contributed by atoms with Gasteiger partial charge in [0.25, 0.3) is 10.0 Å². The highest BCUT2D eigenvalue weighted by Gasteiger charge is 2.31. The Balaban J connectivity index is 1.73. The Morgan fingerprint density at radius 1 is 1.23 bits per heavy atom. The van der Waals surface area contributed by atoms with Gasteiger partial charge in [-0.2, -0.15) is 9.40 Å². The van der Waals surface area contributed by atoms with Gasteiger partial charge in [-0.25, -0.2) is 13.4 Å². The van der Waals surface area contributed by atoms with E-state index in [0.29, 0.717) is 13.1 Å². The second kappa shape index (κ2) is 5.51. The third-order valence-electron chi connectivity index (χ3n) is 4.10. The first-order valence-corrected chi connectivity index (χ1v) is 8.83. The summed E-state index contributed by atoms with van der Waals surface area (Å²) in [4.78, 5) is 3.97. The molecule has 120 valence electrons. The van der Waals surface area contributed by atoms with Crippen molar-refractivity contribution in [2.45, 2.75) is 37.8 Å². The van der Waals surface area contributed by atoms with Crippen LogP contribution in [0.5, 0.6) is 0 Å². The number of imidazole rings is 1. The fourth-order valence-corrected chi connectivity index (χ4v) is 4.43. The van der Waals surface area contributed by atoms with E-state index < -0.39 is 10.0 Å². The lowest BCUT2D eigenvalue weighted by Crippen LogP contribution is -2.39. The van der Waals surface area contributed by atoms with E-state index in [1.807, 2.05) is 18.5 Å². The van der Waals surface area contributed by atoms with Gasteiger partial charge >= 0.3 is 0 Å². The maximum Gasteiger partial charge on any atom is 0.262 e. The Labute approximate surface area is 130 Å². The van der Waals surface area contributed by atoms with E-state index >= 15 is 0 Å². The van der Waals surface area contributed by atoms with Gasteiger partial charge in [-0.3, -0.25) is 4.68 Å². The summed E-state index contributed by atoms with van der Waals surface area (Å²) in [7, 11) is -1.72. The third kappa shape index (κ3) is 2.68. The van der Waals surface area contributed by atoms with Gasteiger partial charge in [0.15, 0.2) is 5.03 Å². The molecule has 2 aromatic rings. The Morgan fingerprint density at radius 3 is 2.41 bits per heavy atom. The highest BCUT2D eigenvalue weighted by molar-refractivity contribution is 7.89. The van der Waals surface area contributed by atoms with E-state index in [0.717, 1.165) is 24.2 Å². The third-order valence-corrected chi connectivity index (χ3v) is 5.88. The number of sulfonamides is 1. The van der Waals surface area contributed by atoms with E-state index in [1.54, 1.807) is 17.8 Å². The predicted molar refractivity (Wildman–Crippen MR) is 81.9 cm³/mol. The Kier molecular flexibility index (Phi) is 3.82. The van der Waals surface area contributed by atoms with Crippen molar-refractivity contribution in [3.05, 3.63) is 30.0 Å². The molecule has 3 heterocycles. The average molecular weight is 323 g/mol. The smallest absolute Gasteiger partial charge is 0.262 e. The summed E-state index contributed by atoms with van der Waals surface area (Å²) in [6.07, 6.45) is 4.60. The van der Waals surface area contributed by atoms with Crippen molar-refractivity contribution in [3.8, 4) is 0 Å². The van der Waals surface area contributed by atoms with Crippen LogP contribution in [0.2, 0.25) is 0 Å². The predicted octanol–water partition coefficient (Wildman–Crippen LogP) is 1.26. The molecule has 7 nitrogen and oxygen atoms in total. The summed E-state index contributed by atoms with van der Waals surface area (Å²) in [5.41, 5.74) is 2.13. The lowest BCUT2D eigenvalue weighted by molar-refractivity contribution is 0.258. The van der Waals surface area contributed by atoms with Crippen LogP contribution in [0.4, 0.5) is 0 Å². The molecule has 0 aliphatic carbocycles. The molecule has 0 radical (unpaired) electrons. The topological polar surface area (TPSA) is 73.0 Å². The van der Waals surface area contributed by atoms with Crippen LogP contribution in [0, 0.1) is 13.8 Å². The summed E-state index contributed by atoms with van der Waals surface area (Å²) in [5, 5.41) is 4.64. The minimum absolute atomic E-state index is 0.125. The molecule has 0 unspecified atom stereocenters.